The molecule has 1 atom stereocenters. The van der Waals surface area contributed by atoms with E-state index in [1.54, 1.807) is 5.38 Å². The number of thiophene rings is 1. The van der Waals surface area contributed by atoms with Crippen LogP contribution in [0.3, 0.4) is 0 Å². The monoisotopic (exact) mass is 399 g/mol. The highest BCUT2D eigenvalue weighted by molar-refractivity contribution is 7.91. The van der Waals surface area contributed by atoms with Gasteiger partial charge in [-0.2, -0.15) is 0 Å². The molecule has 0 bridgehead atoms. The van der Waals surface area contributed by atoms with Gasteiger partial charge in [0.05, 0.1) is 16.7 Å². The number of carbonyl (C=O) groups is 1. The zero-order chi connectivity index (χ0) is 17.9. The van der Waals surface area contributed by atoms with Crippen molar-refractivity contribution < 1.29 is 17.9 Å². The average Bonchev–Trinajstić information content (AvgIpc) is 3.25. The van der Waals surface area contributed by atoms with Crippen molar-refractivity contribution in [2.45, 2.75) is 41.6 Å². The molecule has 1 aromatic heterocycles. The summed E-state index contributed by atoms with van der Waals surface area (Å²) in [5.41, 5.74) is 0.317. The van der Waals surface area contributed by atoms with Crippen LogP contribution in [0.1, 0.15) is 25.7 Å². The Morgan fingerprint density at radius 1 is 1.28 bits per heavy atom. The number of benzene rings is 1. The van der Waals surface area contributed by atoms with Gasteiger partial charge in [0.15, 0.2) is 0 Å². The van der Waals surface area contributed by atoms with Gasteiger partial charge in [-0.25, -0.2) is 8.42 Å². The fourth-order valence-electron chi connectivity index (χ4n) is 2.70. The van der Waals surface area contributed by atoms with E-state index in [0.717, 1.165) is 19.4 Å². The van der Waals surface area contributed by atoms with Gasteiger partial charge in [0.1, 0.15) is 4.90 Å². The minimum atomic E-state index is -3.71. The number of hydrogen-bond acceptors (Lipinski definition) is 5. The highest BCUT2D eigenvalue weighted by atomic mass is 35.5. The van der Waals surface area contributed by atoms with Crippen LogP contribution in [-0.4, -0.2) is 27.0 Å². The van der Waals surface area contributed by atoms with Crippen LogP contribution in [0.5, 0.6) is 0 Å². The molecule has 0 aliphatic carbocycles. The number of hydrogen-bond donors (Lipinski definition) is 1. The molecule has 0 spiro atoms. The molecular formula is C17H18ClNO4S2. The predicted molar refractivity (Wildman–Crippen MR) is 98.1 cm³/mol. The zero-order valence-corrected chi connectivity index (χ0v) is 15.8. The van der Waals surface area contributed by atoms with Crippen LogP contribution in [0, 0.1) is 0 Å². The van der Waals surface area contributed by atoms with Gasteiger partial charge in [-0.3, -0.25) is 4.79 Å². The molecular weight excluding hydrogens is 382 g/mol. The van der Waals surface area contributed by atoms with E-state index < -0.39 is 9.84 Å². The fourth-order valence-corrected chi connectivity index (χ4v) is 5.36. The van der Waals surface area contributed by atoms with Crippen molar-refractivity contribution in [3.05, 3.63) is 40.0 Å². The molecule has 1 N–H and O–H groups in total. The first-order valence-corrected chi connectivity index (χ1v) is 10.8. The van der Waals surface area contributed by atoms with Crippen LogP contribution in [0.4, 0.5) is 5.69 Å². The molecule has 1 unspecified atom stereocenters. The Morgan fingerprint density at radius 3 is 2.72 bits per heavy atom. The quantitative estimate of drug-likeness (QED) is 0.792. The Hall–Kier alpha value is -1.41. The molecule has 8 heteroatoms. The zero-order valence-electron chi connectivity index (χ0n) is 13.4. The predicted octanol–water partition coefficient (Wildman–Crippen LogP) is 4.13. The highest BCUT2D eigenvalue weighted by Crippen LogP contribution is 2.31. The van der Waals surface area contributed by atoms with Crippen LogP contribution in [-0.2, 0) is 19.4 Å². The number of sulfone groups is 1. The van der Waals surface area contributed by atoms with Crippen LogP contribution < -0.4 is 5.32 Å². The topological polar surface area (TPSA) is 72.5 Å². The van der Waals surface area contributed by atoms with Crippen molar-refractivity contribution in [3.63, 3.8) is 0 Å². The first kappa shape index (κ1) is 18.4. The average molecular weight is 400 g/mol. The maximum atomic E-state index is 12.8. The van der Waals surface area contributed by atoms with Crippen molar-refractivity contribution >= 4 is 44.4 Å². The summed E-state index contributed by atoms with van der Waals surface area (Å²) in [7, 11) is -3.71. The van der Waals surface area contributed by atoms with Gasteiger partial charge in [0.2, 0.25) is 15.7 Å². The van der Waals surface area contributed by atoms with Crippen molar-refractivity contribution in [3.8, 4) is 0 Å². The number of ether oxygens (including phenoxy) is 1. The molecule has 5 nitrogen and oxygen atoms in total. The third-order valence-corrected chi connectivity index (χ3v) is 6.99. The van der Waals surface area contributed by atoms with Gasteiger partial charge in [0.25, 0.3) is 0 Å². The van der Waals surface area contributed by atoms with Gasteiger partial charge in [-0.15, -0.1) is 11.3 Å². The molecule has 25 heavy (non-hydrogen) atoms. The number of amides is 1. The first-order chi connectivity index (χ1) is 12.0. The van der Waals surface area contributed by atoms with E-state index in [-0.39, 0.29) is 21.8 Å². The van der Waals surface area contributed by atoms with Crippen LogP contribution in [0.2, 0.25) is 5.02 Å². The van der Waals surface area contributed by atoms with Crippen molar-refractivity contribution in [2.24, 2.45) is 0 Å². The lowest BCUT2D eigenvalue weighted by Crippen LogP contribution is -2.16. The lowest BCUT2D eigenvalue weighted by molar-refractivity contribution is -0.116. The first-order valence-electron chi connectivity index (χ1n) is 7.95. The lowest BCUT2D eigenvalue weighted by Gasteiger charge is -2.10. The standard InChI is InChI=1S/C17H18ClNO4S2/c18-12-3-6-14(7-4-12)25(21,22)16-11-24-10-15(16)19-17(20)8-5-13-2-1-9-23-13/h3-4,6-7,10-11,13H,1-2,5,8-9H2,(H,19,20). The van der Waals surface area contributed by atoms with Gasteiger partial charge in [-0.1, -0.05) is 11.6 Å². The summed E-state index contributed by atoms with van der Waals surface area (Å²) in [6, 6.07) is 5.97. The summed E-state index contributed by atoms with van der Waals surface area (Å²) in [5.74, 6) is -0.207. The summed E-state index contributed by atoms with van der Waals surface area (Å²) >= 11 is 7.05. The Bertz CT molecular complexity index is 840. The van der Waals surface area contributed by atoms with E-state index in [4.69, 9.17) is 16.3 Å². The second-order valence-corrected chi connectivity index (χ2v) is 8.93. The Kier molecular flexibility index (Phi) is 5.78. The number of nitrogens with one attached hydrogen (secondary N) is 1. The summed E-state index contributed by atoms with van der Waals surface area (Å²) in [6.45, 7) is 0.750. The van der Waals surface area contributed by atoms with E-state index in [1.165, 1.54) is 41.0 Å². The SMILES string of the molecule is O=C(CCC1CCCO1)Nc1cscc1S(=O)(=O)c1ccc(Cl)cc1. The molecule has 0 radical (unpaired) electrons. The van der Waals surface area contributed by atoms with Gasteiger partial charge in [-0.05, 0) is 43.5 Å². The molecule has 1 aromatic carbocycles. The fraction of sp³-hybridized carbons (Fsp3) is 0.353. The minimum absolute atomic E-state index is 0.102. The third kappa shape index (κ3) is 4.41. The van der Waals surface area contributed by atoms with Gasteiger partial charge in [0, 0.05) is 28.8 Å². The number of rotatable bonds is 6. The largest absolute Gasteiger partial charge is 0.378 e. The normalized spacial score (nSPS) is 17.6. The van der Waals surface area contributed by atoms with Gasteiger partial charge >= 0.3 is 0 Å². The molecule has 2 heterocycles. The maximum absolute atomic E-state index is 12.8. The van der Waals surface area contributed by atoms with Gasteiger partial charge < -0.3 is 10.1 Å². The molecule has 1 fully saturated rings. The van der Waals surface area contributed by atoms with Crippen molar-refractivity contribution in [2.75, 3.05) is 11.9 Å². The molecule has 1 amide bonds. The van der Waals surface area contributed by atoms with Crippen LogP contribution in [0.25, 0.3) is 0 Å². The lowest BCUT2D eigenvalue weighted by atomic mass is 10.1. The van der Waals surface area contributed by atoms with E-state index in [2.05, 4.69) is 5.32 Å². The van der Waals surface area contributed by atoms with E-state index >= 15 is 0 Å². The molecule has 3 rings (SSSR count). The molecule has 134 valence electrons. The molecule has 1 saturated heterocycles. The number of halogens is 1. The van der Waals surface area contributed by atoms with E-state index in [0.29, 0.717) is 23.6 Å². The van der Waals surface area contributed by atoms with Crippen molar-refractivity contribution in [1.82, 2.24) is 0 Å². The van der Waals surface area contributed by atoms with E-state index in [1.807, 2.05) is 0 Å². The Morgan fingerprint density at radius 2 is 2.04 bits per heavy atom. The molecule has 1 aliphatic heterocycles. The van der Waals surface area contributed by atoms with Crippen LogP contribution in [0.15, 0.2) is 44.8 Å². The number of carbonyl (C=O) groups excluding carboxylic acids is 1. The van der Waals surface area contributed by atoms with Crippen LogP contribution >= 0.6 is 22.9 Å². The molecule has 0 saturated carbocycles. The Labute approximate surface area is 155 Å². The smallest absolute Gasteiger partial charge is 0.224 e. The van der Waals surface area contributed by atoms with Crippen molar-refractivity contribution in [1.29, 1.82) is 0 Å². The maximum Gasteiger partial charge on any atom is 0.224 e. The summed E-state index contributed by atoms with van der Waals surface area (Å²) in [6.07, 6.45) is 3.09. The third-order valence-electron chi connectivity index (χ3n) is 4.03. The summed E-state index contributed by atoms with van der Waals surface area (Å²) < 4.78 is 31.0. The second kappa shape index (κ2) is 7.86. The summed E-state index contributed by atoms with van der Waals surface area (Å²) in [5, 5.41) is 6.34. The van der Waals surface area contributed by atoms with E-state index in [9.17, 15) is 13.2 Å². The number of anilines is 1. The summed E-state index contributed by atoms with van der Waals surface area (Å²) in [4.78, 5) is 12.4. The molecule has 2 aromatic rings. The minimum Gasteiger partial charge on any atom is -0.378 e. The Balaban J connectivity index is 1.71. The molecule has 1 aliphatic rings. The second-order valence-electron chi connectivity index (χ2n) is 5.83. The highest BCUT2D eigenvalue weighted by Gasteiger charge is 2.24.